The summed E-state index contributed by atoms with van der Waals surface area (Å²) < 4.78 is 17.0. The fourth-order valence-electron chi connectivity index (χ4n) is 3.89. The van der Waals surface area contributed by atoms with Crippen LogP contribution in [-0.2, 0) is 20.7 Å². The number of hydrogen-bond acceptors (Lipinski definition) is 4. The Hall–Kier alpha value is -2.05. The van der Waals surface area contributed by atoms with Crippen molar-refractivity contribution in [2.24, 2.45) is 0 Å². The summed E-state index contributed by atoms with van der Waals surface area (Å²) in [6, 6.07) is 6.06. The van der Waals surface area contributed by atoms with Gasteiger partial charge < -0.3 is 24.1 Å². The van der Waals surface area contributed by atoms with Crippen molar-refractivity contribution in [3.63, 3.8) is 0 Å². The quantitative estimate of drug-likeness (QED) is 0.923. The van der Waals surface area contributed by atoms with Gasteiger partial charge in [0.05, 0.1) is 32.3 Å². The first-order chi connectivity index (χ1) is 12.3. The van der Waals surface area contributed by atoms with E-state index in [1.54, 1.807) is 0 Å². The molecule has 0 radical (unpaired) electrons. The topological polar surface area (TPSA) is 63.8 Å². The number of nitrogens with one attached hydrogen (secondary N) is 1. The fraction of sp³-hybridized carbons (Fsp3) is 0.526. The molecular formula is C19H24N2O4. The predicted molar refractivity (Wildman–Crippen MR) is 93.8 cm³/mol. The lowest BCUT2D eigenvalue weighted by atomic mass is 10.0. The number of carbonyl (C=O) groups excluding carboxylic acids is 1. The number of rotatable bonds is 4. The first-order valence-corrected chi connectivity index (χ1v) is 8.98. The van der Waals surface area contributed by atoms with Crippen LogP contribution in [0.25, 0.3) is 10.9 Å². The van der Waals surface area contributed by atoms with Crippen molar-refractivity contribution in [3.8, 4) is 5.75 Å². The van der Waals surface area contributed by atoms with E-state index in [1.807, 2.05) is 36.2 Å². The molecule has 6 heteroatoms. The molecule has 2 aromatic rings. The van der Waals surface area contributed by atoms with E-state index in [0.29, 0.717) is 39.4 Å². The van der Waals surface area contributed by atoms with Crippen LogP contribution in [0, 0.1) is 0 Å². The molecule has 0 unspecified atom stereocenters. The highest BCUT2D eigenvalue weighted by Crippen LogP contribution is 2.30. The van der Waals surface area contributed by atoms with Gasteiger partial charge >= 0.3 is 0 Å². The van der Waals surface area contributed by atoms with Crippen molar-refractivity contribution in [3.05, 3.63) is 30.0 Å². The minimum atomic E-state index is 0.00778. The van der Waals surface area contributed by atoms with E-state index in [9.17, 15) is 4.79 Å². The molecule has 0 aliphatic carbocycles. The number of benzene rings is 1. The zero-order valence-corrected chi connectivity index (χ0v) is 14.5. The van der Waals surface area contributed by atoms with Crippen LogP contribution >= 0.6 is 0 Å². The first-order valence-electron chi connectivity index (χ1n) is 8.98. The fourth-order valence-corrected chi connectivity index (χ4v) is 3.89. The van der Waals surface area contributed by atoms with Crippen LogP contribution in [0.4, 0.5) is 0 Å². The molecule has 6 nitrogen and oxygen atoms in total. The van der Waals surface area contributed by atoms with Gasteiger partial charge in [-0.15, -0.1) is 0 Å². The van der Waals surface area contributed by atoms with Gasteiger partial charge in [0, 0.05) is 30.3 Å². The zero-order valence-electron chi connectivity index (χ0n) is 14.5. The molecule has 2 saturated heterocycles. The van der Waals surface area contributed by atoms with Crippen LogP contribution in [0.5, 0.6) is 5.75 Å². The summed E-state index contributed by atoms with van der Waals surface area (Å²) >= 11 is 0. The van der Waals surface area contributed by atoms with E-state index in [1.165, 1.54) is 0 Å². The van der Waals surface area contributed by atoms with Crippen LogP contribution < -0.4 is 4.74 Å². The number of aromatic nitrogens is 1. The minimum Gasteiger partial charge on any atom is -0.493 e. The molecule has 0 spiro atoms. The summed E-state index contributed by atoms with van der Waals surface area (Å²) in [5, 5.41) is 1.01. The van der Waals surface area contributed by atoms with Gasteiger partial charge in [-0.1, -0.05) is 6.07 Å². The lowest BCUT2D eigenvalue weighted by molar-refractivity contribution is -0.161. The van der Waals surface area contributed by atoms with Crippen LogP contribution in [0.1, 0.15) is 18.9 Å². The van der Waals surface area contributed by atoms with E-state index in [-0.39, 0.29) is 18.1 Å². The van der Waals surface area contributed by atoms with Crippen molar-refractivity contribution in [2.45, 2.75) is 31.9 Å². The largest absolute Gasteiger partial charge is 0.493 e. The van der Waals surface area contributed by atoms with E-state index in [2.05, 4.69) is 4.98 Å². The molecule has 2 fully saturated rings. The Balaban J connectivity index is 1.57. The summed E-state index contributed by atoms with van der Waals surface area (Å²) in [7, 11) is 0. The maximum absolute atomic E-state index is 13.0. The van der Waals surface area contributed by atoms with Gasteiger partial charge in [0.1, 0.15) is 11.9 Å². The molecule has 0 bridgehead atoms. The second-order valence-electron chi connectivity index (χ2n) is 6.53. The number of fused-ring (bicyclic) bond motifs is 2. The molecule has 0 saturated carbocycles. The molecule has 4 rings (SSSR count). The predicted octanol–water partition coefficient (Wildman–Crippen LogP) is 2.13. The Morgan fingerprint density at radius 1 is 1.40 bits per heavy atom. The summed E-state index contributed by atoms with van der Waals surface area (Å²) in [4.78, 5) is 18.2. The number of ether oxygens (including phenoxy) is 3. The minimum absolute atomic E-state index is 0.00778. The average Bonchev–Trinajstić information content (AvgIpc) is 3.05. The molecule has 25 heavy (non-hydrogen) atoms. The van der Waals surface area contributed by atoms with Crippen molar-refractivity contribution in [1.82, 2.24) is 9.88 Å². The third-order valence-corrected chi connectivity index (χ3v) is 5.04. The molecule has 1 amide bonds. The smallest absolute Gasteiger partial charge is 0.227 e. The number of nitrogens with zero attached hydrogens (tertiary/aromatic N) is 1. The van der Waals surface area contributed by atoms with Crippen LogP contribution in [0.15, 0.2) is 24.4 Å². The third kappa shape index (κ3) is 3.12. The average molecular weight is 344 g/mol. The van der Waals surface area contributed by atoms with Crippen molar-refractivity contribution in [2.75, 3.05) is 33.0 Å². The van der Waals surface area contributed by atoms with E-state index in [4.69, 9.17) is 14.2 Å². The Bertz CT molecular complexity index is 755. The maximum Gasteiger partial charge on any atom is 0.227 e. The molecule has 1 aromatic heterocycles. The summed E-state index contributed by atoms with van der Waals surface area (Å²) in [6.07, 6.45) is 3.14. The summed E-state index contributed by atoms with van der Waals surface area (Å²) in [6.45, 7) is 5.07. The standard InChI is InChI=1S/C19H24N2O4/c1-2-24-16-5-3-4-14-19(16)13(11-20-14)10-18(22)21-7-9-25-17-12-23-8-6-15(17)21/h3-5,11,15,17,20H,2,6-10,12H2,1H3/t15-,17+/m0/s1. The van der Waals surface area contributed by atoms with Crippen LogP contribution in [0.2, 0.25) is 0 Å². The maximum atomic E-state index is 13.0. The van der Waals surface area contributed by atoms with E-state index in [0.717, 1.165) is 28.6 Å². The lowest BCUT2D eigenvalue weighted by Crippen LogP contribution is -2.57. The van der Waals surface area contributed by atoms with Crippen molar-refractivity contribution < 1.29 is 19.0 Å². The Morgan fingerprint density at radius 3 is 3.20 bits per heavy atom. The van der Waals surface area contributed by atoms with Gasteiger partial charge in [-0.3, -0.25) is 4.79 Å². The molecule has 1 aromatic carbocycles. The van der Waals surface area contributed by atoms with Crippen LogP contribution in [-0.4, -0.2) is 60.9 Å². The number of aromatic amines is 1. The number of morpholine rings is 1. The van der Waals surface area contributed by atoms with Gasteiger partial charge in [-0.05, 0) is 31.0 Å². The molecule has 2 aliphatic heterocycles. The van der Waals surface area contributed by atoms with Gasteiger partial charge in [0.25, 0.3) is 0 Å². The Kier molecular flexibility index (Phi) is 4.63. The molecule has 3 heterocycles. The lowest BCUT2D eigenvalue weighted by Gasteiger charge is -2.43. The number of hydrogen-bond donors (Lipinski definition) is 1. The highest BCUT2D eigenvalue weighted by molar-refractivity contribution is 5.93. The summed E-state index contributed by atoms with van der Waals surface area (Å²) in [5.41, 5.74) is 1.99. The molecule has 134 valence electrons. The van der Waals surface area contributed by atoms with Crippen LogP contribution in [0.3, 0.4) is 0 Å². The normalized spacial score (nSPS) is 23.5. The van der Waals surface area contributed by atoms with Crippen molar-refractivity contribution in [1.29, 1.82) is 0 Å². The second kappa shape index (κ2) is 7.06. The number of carbonyl (C=O) groups is 1. The molecular weight excluding hydrogens is 320 g/mol. The third-order valence-electron chi connectivity index (χ3n) is 5.04. The zero-order chi connectivity index (χ0) is 17.2. The monoisotopic (exact) mass is 344 g/mol. The van der Waals surface area contributed by atoms with E-state index < -0.39 is 0 Å². The number of amides is 1. The SMILES string of the molecule is CCOc1cccc2[nH]cc(CC(=O)N3CCO[C@@H]4COCC[C@@H]43)c12. The van der Waals surface area contributed by atoms with E-state index >= 15 is 0 Å². The highest BCUT2D eigenvalue weighted by Gasteiger charge is 2.37. The van der Waals surface area contributed by atoms with Gasteiger partial charge in [-0.2, -0.15) is 0 Å². The highest BCUT2D eigenvalue weighted by atomic mass is 16.5. The Morgan fingerprint density at radius 2 is 2.32 bits per heavy atom. The number of H-pyrrole nitrogens is 1. The van der Waals surface area contributed by atoms with Gasteiger partial charge in [0.2, 0.25) is 5.91 Å². The molecule has 2 atom stereocenters. The Labute approximate surface area is 147 Å². The second-order valence-corrected chi connectivity index (χ2v) is 6.53. The van der Waals surface area contributed by atoms with Gasteiger partial charge in [0.15, 0.2) is 0 Å². The summed E-state index contributed by atoms with van der Waals surface area (Å²) in [5.74, 6) is 0.974. The van der Waals surface area contributed by atoms with Crippen molar-refractivity contribution >= 4 is 16.8 Å². The molecule has 1 N–H and O–H groups in total. The van der Waals surface area contributed by atoms with Gasteiger partial charge in [-0.25, -0.2) is 0 Å². The first kappa shape index (κ1) is 16.4. The molecule has 2 aliphatic rings.